The Morgan fingerprint density at radius 2 is 1.88 bits per heavy atom. The van der Waals surface area contributed by atoms with Gasteiger partial charge in [0.2, 0.25) is 0 Å². The fourth-order valence-electron chi connectivity index (χ4n) is 2.41. The standard InChI is InChI=1S/C17H18N2O4S/c1-3-22-14-7-9-15(10-8-14)24(20,21)23-12-16-13(2)18-17-6-4-5-11-19(16)17/h4-11H,3,12H2,1-2H3. The van der Waals surface area contributed by atoms with Crippen molar-refractivity contribution in [3.05, 3.63) is 60.0 Å². The van der Waals surface area contributed by atoms with Gasteiger partial charge in [0.05, 0.1) is 22.9 Å². The molecular formula is C17H18N2O4S. The van der Waals surface area contributed by atoms with Crippen molar-refractivity contribution in [3.63, 3.8) is 0 Å². The number of benzene rings is 1. The van der Waals surface area contributed by atoms with E-state index in [1.165, 1.54) is 12.1 Å². The molecule has 0 amide bonds. The predicted molar refractivity (Wildman–Crippen MR) is 89.5 cm³/mol. The fraction of sp³-hybridized carbons (Fsp3) is 0.235. The number of rotatable bonds is 6. The number of ether oxygens (including phenoxy) is 1. The number of hydrogen-bond donors (Lipinski definition) is 0. The van der Waals surface area contributed by atoms with Crippen LogP contribution in [0.2, 0.25) is 0 Å². The first-order chi connectivity index (χ1) is 11.5. The van der Waals surface area contributed by atoms with Crippen LogP contribution in [0.3, 0.4) is 0 Å². The third kappa shape index (κ3) is 3.27. The van der Waals surface area contributed by atoms with Gasteiger partial charge in [-0.1, -0.05) is 6.07 Å². The lowest BCUT2D eigenvalue weighted by atomic mass is 10.3. The lowest BCUT2D eigenvalue weighted by molar-refractivity contribution is 0.301. The largest absolute Gasteiger partial charge is 0.494 e. The maximum Gasteiger partial charge on any atom is 0.297 e. The van der Waals surface area contributed by atoms with E-state index in [0.717, 1.165) is 11.3 Å². The highest BCUT2D eigenvalue weighted by molar-refractivity contribution is 7.86. The van der Waals surface area contributed by atoms with E-state index in [-0.39, 0.29) is 11.5 Å². The summed E-state index contributed by atoms with van der Waals surface area (Å²) < 4.78 is 37.1. The highest BCUT2D eigenvalue weighted by Crippen LogP contribution is 2.20. The van der Waals surface area contributed by atoms with Gasteiger partial charge in [-0.05, 0) is 50.2 Å². The minimum absolute atomic E-state index is 0.0768. The molecule has 3 aromatic rings. The molecule has 0 fully saturated rings. The molecule has 0 unspecified atom stereocenters. The zero-order valence-corrected chi connectivity index (χ0v) is 14.3. The quantitative estimate of drug-likeness (QED) is 0.642. The fourth-order valence-corrected chi connectivity index (χ4v) is 3.28. The molecule has 6 nitrogen and oxygen atoms in total. The summed E-state index contributed by atoms with van der Waals surface area (Å²) in [5.74, 6) is 0.620. The summed E-state index contributed by atoms with van der Waals surface area (Å²) in [4.78, 5) is 4.49. The number of fused-ring (bicyclic) bond motifs is 1. The molecule has 3 rings (SSSR count). The van der Waals surface area contributed by atoms with Crippen molar-refractivity contribution in [2.45, 2.75) is 25.3 Å². The van der Waals surface area contributed by atoms with Gasteiger partial charge in [0, 0.05) is 6.20 Å². The van der Waals surface area contributed by atoms with Gasteiger partial charge in [-0.3, -0.25) is 4.18 Å². The van der Waals surface area contributed by atoms with Gasteiger partial charge in [0.15, 0.2) is 0 Å². The lowest BCUT2D eigenvalue weighted by Gasteiger charge is -2.08. The summed E-state index contributed by atoms with van der Waals surface area (Å²) in [6.45, 7) is 4.14. The maximum absolute atomic E-state index is 12.4. The van der Waals surface area contributed by atoms with E-state index in [2.05, 4.69) is 4.98 Å². The molecule has 0 spiro atoms. The first-order valence-electron chi connectivity index (χ1n) is 7.56. The van der Waals surface area contributed by atoms with E-state index in [1.807, 2.05) is 42.6 Å². The van der Waals surface area contributed by atoms with Crippen LogP contribution >= 0.6 is 0 Å². The molecule has 0 atom stereocenters. The summed E-state index contributed by atoms with van der Waals surface area (Å²) in [7, 11) is -3.85. The van der Waals surface area contributed by atoms with Crippen molar-refractivity contribution in [1.82, 2.24) is 9.38 Å². The van der Waals surface area contributed by atoms with Gasteiger partial charge >= 0.3 is 0 Å². The van der Waals surface area contributed by atoms with Crippen LogP contribution in [0.25, 0.3) is 5.65 Å². The summed E-state index contributed by atoms with van der Waals surface area (Å²) in [5, 5.41) is 0. The molecule has 0 aliphatic heterocycles. The molecule has 0 N–H and O–H groups in total. The Hall–Kier alpha value is -2.38. The van der Waals surface area contributed by atoms with Crippen LogP contribution in [0.4, 0.5) is 0 Å². The van der Waals surface area contributed by atoms with Crippen LogP contribution in [0.5, 0.6) is 5.75 Å². The van der Waals surface area contributed by atoms with Crippen molar-refractivity contribution in [2.75, 3.05) is 6.61 Å². The monoisotopic (exact) mass is 346 g/mol. The van der Waals surface area contributed by atoms with Gasteiger partial charge in [0.25, 0.3) is 10.1 Å². The van der Waals surface area contributed by atoms with Crippen LogP contribution in [-0.2, 0) is 20.9 Å². The van der Waals surface area contributed by atoms with E-state index in [0.29, 0.717) is 18.1 Å². The third-order valence-electron chi connectivity index (χ3n) is 3.60. The number of nitrogens with zero attached hydrogens (tertiary/aromatic N) is 2. The maximum atomic E-state index is 12.4. The Kier molecular flexibility index (Phi) is 4.55. The molecule has 126 valence electrons. The molecule has 0 aliphatic carbocycles. The van der Waals surface area contributed by atoms with Crippen molar-refractivity contribution in [2.24, 2.45) is 0 Å². The third-order valence-corrected chi connectivity index (χ3v) is 4.88. The smallest absolute Gasteiger partial charge is 0.297 e. The van der Waals surface area contributed by atoms with Crippen LogP contribution in [0, 0.1) is 6.92 Å². The predicted octanol–water partition coefficient (Wildman–Crippen LogP) is 2.95. The molecule has 0 bridgehead atoms. The van der Waals surface area contributed by atoms with Crippen molar-refractivity contribution < 1.29 is 17.3 Å². The molecule has 2 heterocycles. The zero-order valence-electron chi connectivity index (χ0n) is 13.5. The van der Waals surface area contributed by atoms with Crippen molar-refractivity contribution in [1.29, 1.82) is 0 Å². The van der Waals surface area contributed by atoms with E-state index in [1.54, 1.807) is 12.1 Å². The molecule has 0 aliphatic rings. The van der Waals surface area contributed by atoms with Crippen LogP contribution in [-0.4, -0.2) is 24.4 Å². The Morgan fingerprint density at radius 3 is 2.58 bits per heavy atom. The molecule has 0 radical (unpaired) electrons. The summed E-state index contributed by atoms with van der Waals surface area (Å²) in [6, 6.07) is 11.8. The van der Waals surface area contributed by atoms with Crippen LogP contribution in [0.15, 0.2) is 53.6 Å². The van der Waals surface area contributed by atoms with E-state index >= 15 is 0 Å². The number of hydrogen-bond acceptors (Lipinski definition) is 5. The number of aryl methyl sites for hydroxylation is 1. The second-order valence-corrected chi connectivity index (χ2v) is 6.81. The average molecular weight is 346 g/mol. The van der Waals surface area contributed by atoms with E-state index < -0.39 is 10.1 Å². The molecule has 2 aromatic heterocycles. The number of imidazole rings is 1. The summed E-state index contributed by atoms with van der Waals surface area (Å²) in [5.41, 5.74) is 2.20. The normalized spacial score (nSPS) is 11.8. The second-order valence-electron chi connectivity index (χ2n) is 5.19. The minimum Gasteiger partial charge on any atom is -0.494 e. The zero-order chi connectivity index (χ0) is 17.2. The van der Waals surface area contributed by atoms with Crippen molar-refractivity contribution in [3.8, 4) is 5.75 Å². The highest BCUT2D eigenvalue weighted by Gasteiger charge is 2.18. The summed E-state index contributed by atoms with van der Waals surface area (Å²) >= 11 is 0. The second kappa shape index (κ2) is 6.62. The molecule has 7 heteroatoms. The summed E-state index contributed by atoms with van der Waals surface area (Å²) in [6.07, 6.45) is 1.83. The van der Waals surface area contributed by atoms with Gasteiger partial charge in [0.1, 0.15) is 18.0 Å². The van der Waals surface area contributed by atoms with Gasteiger partial charge < -0.3 is 9.14 Å². The first kappa shape index (κ1) is 16.5. The SMILES string of the molecule is CCOc1ccc(S(=O)(=O)OCc2c(C)nc3ccccn23)cc1. The van der Waals surface area contributed by atoms with Gasteiger partial charge in [-0.15, -0.1) is 0 Å². The Morgan fingerprint density at radius 1 is 1.12 bits per heavy atom. The molecule has 1 aromatic carbocycles. The van der Waals surface area contributed by atoms with Crippen molar-refractivity contribution >= 4 is 15.8 Å². The van der Waals surface area contributed by atoms with E-state index in [9.17, 15) is 8.42 Å². The highest BCUT2D eigenvalue weighted by atomic mass is 32.2. The van der Waals surface area contributed by atoms with Gasteiger partial charge in [-0.2, -0.15) is 8.42 Å². The first-order valence-corrected chi connectivity index (χ1v) is 8.97. The Balaban J connectivity index is 1.80. The van der Waals surface area contributed by atoms with Crippen LogP contribution in [0.1, 0.15) is 18.3 Å². The molecular weight excluding hydrogens is 328 g/mol. The molecule has 0 saturated carbocycles. The average Bonchev–Trinajstić information content (AvgIpc) is 2.89. The van der Waals surface area contributed by atoms with Gasteiger partial charge in [-0.25, -0.2) is 4.98 Å². The molecule has 0 saturated heterocycles. The number of pyridine rings is 1. The Bertz CT molecular complexity index is 946. The number of aromatic nitrogens is 2. The van der Waals surface area contributed by atoms with Crippen LogP contribution < -0.4 is 4.74 Å². The lowest BCUT2D eigenvalue weighted by Crippen LogP contribution is -2.08. The van der Waals surface area contributed by atoms with E-state index in [4.69, 9.17) is 8.92 Å². The minimum atomic E-state index is -3.85. The molecule has 24 heavy (non-hydrogen) atoms. The topological polar surface area (TPSA) is 69.9 Å². The Labute approximate surface area is 140 Å².